The zero-order valence-corrected chi connectivity index (χ0v) is 14.2. The number of aromatic amines is 1. The van der Waals surface area contributed by atoms with Crippen molar-refractivity contribution in [1.29, 1.82) is 0 Å². The zero-order valence-electron chi connectivity index (χ0n) is 14.2. The van der Waals surface area contributed by atoms with Crippen molar-refractivity contribution in [2.24, 2.45) is 0 Å². The number of carbonyl (C=O) groups is 1. The van der Waals surface area contributed by atoms with E-state index in [-0.39, 0.29) is 17.6 Å². The second-order valence-corrected chi connectivity index (χ2v) is 6.52. The second kappa shape index (κ2) is 7.07. The van der Waals surface area contributed by atoms with Crippen LogP contribution >= 0.6 is 0 Å². The maximum absolute atomic E-state index is 13.5. The lowest BCUT2D eigenvalue weighted by Gasteiger charge is -2.32. The van der Waals surface area contributed by atoms with Crippen molar-refractivity contribution < 1.29 is 9.18 Å². The van der Waals surface area contributed by atoms with Gasteiger partial charge in [0.15, 0.2) is 0 Å². The number of hydrogen-bond acceptors (Lipinski definition) is 3. The molecule has 26 heavy (non-hydrogen) atoms. The van der Waals surface area contributed by atoms with Crippen LogP contribution in [0.1, 0.15) is 34.9 Å². The normalized spacial score (nSPS) is 17.3. The Balaban J connectivity index is 1.55. The van der Waals surface area contributed by atoms with E-state index in [1.807, 2.05) is 29.2 Å². The van der Waals surface area contributed by atoms with Gasteiger partial charge in [0.05, 0.1) is 5.69 Å². The number of hydrogen-bond donors (Lipinski definition) is 1. The molecular weight excluding hydrogens is 331 g/mol. The number of pyridine rings is 1. The molecule has 0 saturated carbocycles. The highest BCUT2D eigenvalue weighted by Crippen LogP contribution is 2.28. The molecule has 1 aliphatic heterocycles. The quantitative estimate of drug-likeness (QED) is 0.785. The molecular formula is C20H19FN4O. The third-order valence-electron chi connectivity index (χ3n) is 4.75. The first kappa shape index (κ1) is 16.4. The van der Waals surface area contributed by atoms with Gasteiger partial charge in [0.2, 0.25) is 0 Å². The second-order valence-electron chi connectivity index (χ2n) is 6.52. The Morgan fingerprint density at radius 1 is 1.19 bits per heavy atom. The molecule has 3 heterocycles. The summed E-state index contributed by atoms with van der Waals surface area (Å²) in [4.78, 5) is 19.1. The summed E-state index contributed by atoms with van der Waals surface area (Å²) in [5.74, 6) is -0.138. The third-order valence-corrected chi connectivity index (χ3v) is 4.75. The number of nitrogens with zero attached hydrogens (tertiary/aromatic N) is 3. The first-order valence-corrected chi connectivity index (χ1v) is 8.72. The molecule has 0 radical (unpaired) electrons. The van der Waals surface area contributed by atoms with E-state index >= 15 is 0 Å². The molecule has 1 fully saturated rings. The first-order valence-electron chi connectivity index (χ1n) is 8.72. The molecule has 1 aromatic carbocycles. The lowest BCUT2D eigenvalue weighted by molar-refractivity contribution is 0.0700. The van der Waals surface area contributed by atoms with E-state index in [0.717, 1.165) is 36.3 Å². The number of H-pyrrole nitrogens is 1. The lowest BCUT2D eigenvalue weighted by Crippen LogP contribution is -2.39. The summed E-state index contributed by atoms with van der Waals surface area (Å²) in [5.41, 5.74) is 2.95. The minimum absolute atomic E-state index is 0.0338. The third kappa shape index (κ3) is 3.35. The summed E-state index contributed by atoms with van der Waals surface area (Å²) >= 11 is 0. The number of halogens is 1. The Bertz CT molecular complexity index is 910. The van der Waals surface area contributed by atoms with Crippen molar-refractivity contribution in [2.45, 2.75) is 18.8 Å². The molecule has 4 rings (SSSR count). The minimum atomic E-state index is -0.274. The molecule has 1 aliphatic rings. The molecule has 2 aromatic heterocycles. The monoisotopic (exact) mass is 350 g/mol. The van der Waals surface area contributed by atoms with Crippen molar-refractivity contribution in [3.63, 3.8) is 0 Å². The number of benzene rings is 1. The highest BCUT2D eigenvalue weighted by atomic mass is 19.1. The summed E-state index contributed by atoms with van der Waals surface area (Å²) in [5, 5.41) is 6.58. The molecule has 3 aromatic rings. The molecule has 0 spiro atoms. The molecule has 0 bridgehead atoms. The van der Waals surface area contributed by atoms with Gasteiger partial charge in [0.1, 0.15) is 11.5 Å². The van der Waals surface area contributed by atoms with Gasteiger partial charge in [0.25, 0.3) is 5.91 Å². The van der Waals surface area contributed by atoms with E-state index < -0.39 is 0 Å². The molecule has 1 N–H and O–H groups in total. The van der Waals surface area contributed by atoms with Gasteiger partial charge in [-0.05, 0) is 43.2 Å². The van der Waals surface area contributed by atoms with Gasteiger partial charge in [-0.15, -0.1) is 0 Å². The predicted molar refractivity (Wildman–Crippen MR) is 96.1 cm³/mol. The highest BCUT2D eigenvalue weighted by Gasteiger charge is 2.27. The van der Waals surface area contributed by atoms with Gasteiger partial charge >= 0.3 is 0 Å². The van der Waals surface area contributed by atoms with Crippen LogP contribution in [0.25, 0.3) is 11.3 Å². The maximum atomic E-state index is 13.5. The number of rotatable bonds is 3. The van der Waals surface area contributed by atoms with Crippen LogP contribution in [0, 0.1) is 5.82 Å². The van der Waals surface area contributed by atoms with Crippen molar-refractivity contribution in [3.05, 3.63) is 71.9 Å². The predicted octanol–water partition coefficient (Wildman–Crippen LogP) is 3.63. The molecule has 0 aliphatic carbocycles. The smallest absolute Gasteiger partial charge is 0.271 e. The summed E-state index contributed by atoms with van der Waals surface area (Å²) < 4.78 is 13.5. The standard InChI is InChI=1S/C20H19FN4O/c21-16-6-1-4-14(12-16)17-7-2-8-18(23-17)15-5-3-11-25(13-15)20(26)19-9-10-22-24-19/h1-2,4,6-10,12,15H,3,5,11,13H2,(H,22,24). The Labute approximate surface area is 150 Å². The Morgan fingerprint density at radius 2 is 2.08 bits per heavy atom. The van der Waals surface area contributed by atoms with E-state index in [4.69, 9.17) is 4.98 Å². The van der Waals surface area contributed by atoms with Gasteiger partial charge in [-0.1, -0.05) is 18.2 Å². The molecule has 132 valence electrons. The average molecular weight is 350 g/mol. The number of carbonyl (C=O) groups excluding carboxylic acids is 1. The fourth-order valence-electron chi connectivity index (χ4n) is 3.44. The fraction of sp³-hybridized carbons (Fsp3) is 0.250. The molecule has 1 atom stereocenters. The number of amides is 1. The van der Waals surface area contributed by atoms with E-state index in [1.54, 1.807) is 18.3 Å². The highest BCUT2D eigenvalue weighted by molar-refractivity contribution is 5.92. The van der Waals surface area contributed by atoms with E-state index in [0.29, 0.717) is 12.2 Å². The van der Waals surface area contributed by atoms with Crippen LogP contribution < -0.4 is 0 Å². The first-order chi connectivity index (χ1) is 12.7. The summed E-state index contributed by atoms with van der Waals surface area (Å²) in [6, 6.07) is 13.9. The van der Waals surface area contributed by atoms with Crippen LogP contribution in [-0.4, -0.2) is 39.1 Å². The van der Waals surface area contributed by atoms with Gasteiger partial charge in [0, 0.05) is 36.5 Å². The molecule has 1 amide bonds. The van der Waals surface area contributed by atoms with Crippen LogP contribution in [0.2, 0.25) is 0 Å². The van der Waals surface area contributed by atoms with Crippen LogP contribution in [0.4, 0.5) is 4.39 Å². The number of piperidine rings is 1. The van der Waals surface area contributed by atoms with Crippen LogP contribution in [0.3, 0.4) is 0 Å². The van der Waals surface area contributed by atoms with Crippen molar-refractivity contribution in [3.8, 4) is 11.3 Å². The number of aromatic nitrogens is 3. The van der Waals surface area contributed by atoms with Crippen molar-refractivity contribution in [2.75, 3.05) is 13.1 Å². The van der Waals surface area contributed by atoms with Crippen LogP contribution in [0.5, 0.6) is 0 Å². The Hall–Kier alpha value is -3.02. The minimum Gasteiger partial charge on any atom is -0.337 e. The van der Waals surface area contributed by atoms with Crippen LogP contribution in [0.15, 0.2) is 54.7 Å². The topological polar surface area (TPSA) is 61.9 Å². The lowest BCUT2D eigenvalue weighted by atomic mass is 9.93. The Kier molecular flexibility index (Phi) is 4.48. The summed E-state index contributed by atoms with van der Waals surface area (Å²) in [6.45, 7) is 1.36. The number of nitrogens with one attached hydrogen (secondary N) is 1. The fourth-order valence-corrected chi connectivity index (χ4v) is 3.44. The Morgan fingerprint density at radius 3 is 2.88 bits per heavy atom. The largest absolute Gasteiger partial charge is 0.337 e. The zero-order chi connectivity index (χ0) is 17.9. The average Bonchev–Trinajstić information content (AvgIpc) is 3.22. The van der Waals surface area contributed by atoms with Gasteiger partial charge in [-0.2, -0.15) is 5.10 Å². The van der Waals surface area contributed by atoms with Gasteiger partial charge in [-0.3, -0.25) is 14.9 Å². The maximum Gasteiger partial charge on any atom is 0.271 e. The van der Waals surface area contributed by atoms with Crippen LogP contribution in [-0.2, 0) is 0 Å². The molecule has 1 saturated heterocycles. The molecule has 6 heteroatoms. The van der Waals surface area contributed by atoms with Gasteiger partial charge in [-0.25, -0.2) is 4.39 Å². The van der Waals surface area contributed by atoms with E-state index in [2.05, 4.69) is 10.2 Å². The van der Waals surface area contributed by atoms with Gasteiger partial charge < -0.3 is 4.90 Å². The summed E-state index contributed by atoms with van der Waals surface area (Å²) in [7, 11) is 0. The molecule has 5 nitrogen and oxygen atoms in total. The van der Waals surface area contributed by atoms with Crippen molar-refractivity contribution >= 4 is 5.91 Å². The summed E-state index contributed by atoms with van der Waals surface area (Å²) in [6.07, 6.45) is 3.49. The van der Waals surface area contributed by atoms with Crippen molar-refractivity contribution in [1.82, 2.24) is 20.1 Å². The molecule has 1 unspecified atom stereocenters. The SMILES string of the molecule is O=C(c1ccn[nH]1)N1CCCC(c2cccc(-c3cccc(F)c3)n2)C1. The van der Waals surface area contributed by atoms with E-state index in [9.17, 15) is 9.18 Å². The van der Waals surface area contributed by atoms with E-state index in [1.165, 1.54) is 12.1 Å². The number of likely N-dealkylation sites (tertiary alicyclic amines) is 1.